The summed E-state index contributed by atoms with van der Waals surface area (Å²) in [4.78, 5) is 26.7. The Labute approximate surface area is 217 Å². The van der Waals surface area contributed by atoms with E-state index in [4.69, 9.17) is 14.7 Å². The zero-order chi connectivity index (χ0) is 25.1. The summed E-state index contributed by atoms with van der Waals surface area (Å²) in [6, 6.07) is 16.5. The summed E-state index contributed by atoms with van der Waals surface area (Å²) in [5.41, 5.74) is 5.25. The van der Waals surface area contributed by atoms with E-state index in [-0.39, 0.29) is 5.91 Å². The number of carbonyl (C=O) groups excluding carboxylic acids is 1. The number of benzene rings is 2. The fraction of sp³-hybridized carbons (Fsp3) is 0.393. The highest BCUT2D eigenvalue weighted by Gasteiger charge is 2.24. The second-order valence-corrected chi connectivity index (χ2v) is 10.4. The molecule has 2 heterocycles. The lowest BCUT2D eigenvalue weighted by Crippen LogP contribution is -2.47. The first kappa shape index (κ1) is 24.4. The standard InChI is InChI=1S/C28H33N5O2S/c1-19-20(2)29-28(36-18-21-4-6-22(7-5-21)27(34)30-23-8-9-23)31-26(19)33-16-14-32(15-17-33)24-10-12-25(35-3)13-11-24/h4-7,10-13,23H,8-9,14-18H2,1-3H3,(H,30,34). The summed E-state index contributed by atoms with van der Waals surface area (Å²) in [6.45, 7) is 7.89. The first-order chi connectivity index (χ1) is 17.5. The lowest BCUT2D eigenvalue weighted by atomic mass is 10.1. The van der Waals surface area contributed by atoms with Crippen LogP contribution in [0.25, 0.3) is 0 Å². The van der Waals surface area contributed by atoms with Gasteiger partial charge in [-0.25, -0.2) is 9.97 Å². The van der Waals surface area contributed by atoms with Crippen molar-refractivity contribution in [2.45, 2.75) is 43.6 Å². The smallest absolute Gasteiger partial charge is 0.251 e. The van der Waals surface area contributed by atoms with Crippen molar-refractivity contribution in [1.29, 1.82) is 0 Å². The lowest BCUT2D eigenvalue weighted by Gasteiger charge is -2.37. The van der Waals surface area contributed by atoms with E-state index in [1.807, 2.05) is 36.4 Å². The number of piperazine rings is 1. The molecule has 0 bridgehead atoms. The number of aromatic nitrogens is 2. The topological polar surface area (TPSA) is 70.6 Å². The maximum Gasteiger partial charge on any atom is 0.251 e. The number of amides is 1. The van der Waals surface area contributed by atoms with Gasteiger partial charge in [-0.15, -0.1) is 0 Å². The molecule has 36 heavy (non-hydrogen) atoms. The molecule has 1 aliphatic carbocycles. The Balaban J connectivity index is 1.20. The Bertz CT molecular complexity index is 1200. The normalized spacial score (nSPS) is 15.6. The van der Waals surface area contributed by atoms with Crippen LogP contribution in [0.4, 0.5) is 11.5 Å². The zero-order valence-corrected chi connectivity index (χ0v) is 22.0. The van der Waals surface area contributed by atoms with Gasteiger partial charge in [-0.1, -0.05) is 23.9 Å². The lowest BCUT2D eigenvalue weighted by molar-refractivity contribution is 0.0951. The van der Waals surface area contributed by atoms with Gasteiger partial charge >= 0.3 is 0 Å². The van der Waals surface area contributed by atoms with Crippen LogP contribution in [-0.2, 0) is 5.75 Å². The van der Waals surface area contributed by atoms with Crippen molar-refractivity contribution in [1.82, 2.24) is 15.3 Å². The average molecular weight is 504 g/mol. The second-order valence-electron chi connectivity index (χ2n) is 9.45. The monoisotopic (exact) mass is 503 g/mol. The van der Waals surface area contributed by atoms with Crippen molar-refractivity contribution in [2.75, 3.05) is 43.1 Å². The second kappa shape index (κ2) is 10.8. The summed E-state index contributed by atoms with van der Waals surface area (Å²) < 4.78 is 5.29. The number of anilines is 2. The average Bonchev–Trinajstić information content (AvgIpc) is 3.74. The fourth-order valence-electron chi connectivity index (χ4n) is 4.33. The molecule has 1 saturated carbocycles. The van der Waals surface area contributed by atoms with Crippen molar-refractivity contribution in [3.05, 3.63) is 70.9 Å². The Kier molecular flexibility index (Phi) is 7.32. The number of aryl methyl sites for hydroxylation is 1. The van der Waals surface area contributed by atoms with Crippen LogP contribution in [0.1, 0.15) is 40.0 Å². The summed E-state index contributed by atoms with van der Waals surface area (Å²) in [5.74, 6) is 2.69. The van der Waals surface area contributed by atoms with E-state index in [0.29, 0.717) is 11.6 Å². The van der Waals surface area contributed by atoms with Crippen LogP contribution in [0.5, 0.6) is 5.75 Å². The van der Waals surface area contributed by atoms with Gasteiger partial charge in [0, 0.05) is 60.5 Å². The third kappa shape index (κ3) is 5.75. The summed E-state index contributed by atoms with van der Waals surface area (Å²) in [6.07, 6.45) is 2.19. The highest BCUT2D eigenvalue weighted by Crippen LogP contribution is 2.28. The molecule has 0 radical (unpaired) electrons. The SMILES string of the molecule is COc1ccc(N2CCN(c3nc(SCc4ccc(C(=O)NC5CC5)cc4)nc(C)c3C)CC2)cc1. The van der Waals surface area contributed by atoms with E-state index in [1.54, 1.807) is 18.9 Å². The number of rotatable bonds is 8. The van der Waals surface area contributed by atoms with Gasteiger partial charge in [0.1, 0.15) is 11.6 Å². The van der Waals surface area contributed by atoms with Gasteiger partial charge < -0.3 is 19.9 Å². The number of methoxy groups -OCH3 is 1. The minimum Gasteiger partial charge on any atom is -0.497 e. The Morgan fingerprint density at radius 3 is 2.28 bits per heavy atom. The van der Waals surface area contributed by atoms with E-state index in [2.05, 4.69) is 41.1 Å². The molecule has 1 aliphatic heterocycles. The molecule has 5 rings (SSSR count). The van der Waals surface area contributed by atoms with Crippen LogP contribution in [0.3, 0.4) is 0 Å². The highest BCUT2D eigenvalue weighted by molar-refractivity contribution is 7.98. The van der Waals surface area contributed by atoms with Crippen LogP contribution in [0.2, 0.25) is 0 Å². The molecule has 1 aromatic heterocycles. The molecule has 3 aromatic rings. The number of ether oxygens (including phenoxy) is 1. The van der Waals surface area contributed by atoms with Gasteiger partial charge in [-0.2, -0.15) is 0 Å². The molecule has 1 saturated heterocycles. The van der Waals surface area contributed by atoms with Gasteiger partial charge in [-0.05, 0) is 68.7 Å². The van der Waals surface area contributed by atoms with Gasteiger partial charge in [-0.3, -0.25) is 4.79 Å². The number of hydrogen-bond donors (Lipinski definition) is 1. The number of carbonyl (C=O) groups is 1. The summed E-state index contributed by atoms with van der Waals surface area (Å²) in [5, 5.41) is 3.83. The fourth-order valence-corrected chi connectivity index (χ4v) is 5.17. The quantitative estimate of drug-likeness (QED) is 0.355. The third-order valence-corrected chi connectivity index (χ3v) is 7.77. The predicted molar refractivity (Wildman–Crippen MR) is 145 cm³/mol. The van der Waals surface area contributed by atoms with Gasteiger partial charge in [0.25, 0.3) is 5.91 Å². The van der Waals surface area contributed by atoms with Gasteiger partial charge in [0.05, 0.1) is 7.11 Å². The molecule has 7 nitrogen and oxygen atoms in total. The zero-order valence-electron chi connectivity index (χ0n) is 21.2. The van der Waals surface area contributed by atoms with Gasteiger partial charge in [0.15, 0.2) is 5.16 Å². The van der Waals surface area contributed by atoms with Gasteiger partial charge in [0.2, 0.25) is 0 Å². The Morgan fingerprint density at radius 1 is 0.972 bits per heavy atom. The van der Waals surface area contributed by atoms with E-state index in [0.717, 1.165) is 78.3 Å². The molecule has 0 spiro atoms. The van der Waals surface area contributed by atoms with Crippen LogP contribution in [0.15, 0.2) is 53.7 Å². The molecule has 1 N–H and O–H groups in total. The first-order valence-electron chi connectivity index (χ1n) is 12.5. The number of hydrogen-bond acceptors (Lipinski definition) is 7. The van der Waals surface area contributed by atoms with Crippen molar-refractivity contribution < 1.29 is 9.53 Å². The molecular weight excluding hydrogens is 470 g/mol. The van der Waals surface area contributed by atoms with E-state index in [1.165, 1.54) is 5.69 Å². The Hall–Kier alpha value is -3.26. The number of nitrogens with one attached hydrogen (secondary N) is 1. The molecule has 8 heteroatoms. The van der Waals surface area contributed by atoms with Crippen LogP contribution in [0, 0.1) is 13.8 Å². The molecule has 188 valence electrons. The van der Waals surface area contributed by atoms with Crippen molar-refractivity contribution >= 4 is 29.2 Å². The first-order valence-corrected chi connectivity index (χ1v) is 13.5. The van der Waals surface area contributed by atoms with E-state index >= 15 is 0 Å². The highest BCUT2D eigenvalue weighted by atomic mass is 32.2. The molecular formula is C28H33N5O2S. The van der Waals surface area contributed by atoms with E-state index < -0.39 is 0 Å². The predicted octanol–water partition coefficient (Wildman–Crippen LogP) is 4.61. The number of nitrogens with zero attached hydrogens (tertiary/aromatic N) is 4. The summed E-state index contributed by atoms with van der Waals surface area (Å²) in [7, 11) is 1.69. The Morgan fingerprint density at radius 2 is 1.64 bits per heavy atom. The van der Waals surface area contributed by atoms with Crippen molar-refractivity contribution in [3.8, 4) is 5.75 Å². The molecule has 1 amide bonds. The maximum absolute atomic E-state index is 12.2. The molecule has 2 aromatic carbocycles. The van der Waals surface area contributed by atoms with Crippen molar-refractivity contribution in [2.24, 2.45) is 0 Å². The largest absolute Gasteiger partial charge is 0.497 e. The van der Waals surface area contributed by atoms with Crippen LogP contribution >= 0.6 is 11.8 Å². The molecule has 0 unspecified atom stereocenters. The van der Waals surface area contributed by atoms with Crippen molar-refractivity contribution in [3.63, 3.8) is 0 Å². The van der Waals surface area contributed by atoms with E-state index in [9.17, 15) is 4.79 Å². The maximum atomic E-state index is 12.2. The van der Waals surface area contributed by atoms with Crippen LogP contribution in [-0.4, -0.2) is 55.2 Å². The van der Waals surface area contributed by atoms with Crippen LogP contribution < -0.4 is 19.9 Å². The minimum absolute atomic E-state index is 0.0194. The third-order valence-electron chi connectivity index (χ3n) is 6.86. The molecule has 2 fully saturated rings. The number of thioether (sulfide) groups is 1. The minimum atomic E-state index is 0.0194. The molecule has 0 atom stereocenters. The summed E-state index contributed by atoms with van der Waals surface area (Å²) >= 11 is 1.64. The molecule has 2 aliphatic rings.